The molecule has 1 unspecified atom stereocenters. The molecular weight excluding hydrogens is 394 g/mol. The van der Waals surface area contributed by atoms with Gasteiger partial charge >= 0.3 is 59.1 Å². The van der Waals surface area contributed by atoms with Crippen LogP contribution in [0.2, 0.25) is 0 Å². The zero-order valence-corrected chi connectivity index (χ0v) is 21.1. The molecule has 0 aromatic carbocycles. The Morgan fingerprint density at radius 2 is 1.26 bits per heavy atom. The Kier molecular flexibility index (Phi) is 12.3. The van der Waals surface area contributed by atoms with Gasteiger partial charge in [-0.1, -0.05) is 64.2 Å². The van der Waals surface area contributed by atoms with Gasteiger partial charge in [0.2, 0.25) is 0 Å². The van der Waals surface area contributed by atoms with Crippen LogP contribution in [0.25, 0.3) is 0 Å². The smallest absolute Gasteiger partial charge is 0.550 e. The zero-order valence-electron chi connectivity index (χ0n) is 16.3. The third-order valence-corrected chi connectivity index (χ3v) is 7.57. The molecular formula is C17H26Na2O7S. The Balaban J connectivity index is 0.00000338. The number of aliphatic carboxylic acids is 2. The fraction of sp³-hybridized carbons (Fsp3) is 0.882. The number of carbonyl (C=O) groups is 2. The molecule has 1 atom stereocenters. The molecule has 0 spiro atoms. The fourth-order valence-electron chi connectivity index (χ4n) is 5.04. The first-order valence-electron chi connectivity index (χ1n) is 9.08. The molecule has 2 rings (SSSR count). The minimum atomic E-state index is -5.20. The topological polar surface area (TPSA) is 135 Å². The summed E-state index contributed by atoms with van der Waals surface area (Å²) in [5.74, 6) is -5.31. The number of carboxylic acids is 2. The van der Waals surface area contributed by atoms with Crippen molar-refractivity contribution in [1.82, 2.24) is 0 Å². The summed E-state index contributed by atoms with van der Waals surface area (Å²) in [6, 6.07) is 0. The van der Waals surface area contributed by atoms with Crippen molar-refractivity contribution in [3.05, 3.63) is 0 Å². The van der Waals surface area contributed by atoms with E-state index in [4.69, 9.17) is 0 Å². The quantitative estimate of drug-likeness (QED) is 0.320. The molecule has 144 valence electrons. The van der Waals surface area contributed by atoms with Gasteiger partial charge in [0.25, 0.3) is 10.1 Å². The summed E-state index contributed by atoms with van der Waals surface area (Å²) in [6.45, 7) is 0. The maximum Gasteiger partial charge on any atom is 1.00 e. The van der Waals surface area contributed by atoms with E-state index in [9.17, 15) is 32.8 Å². The molecule has 0 bridgehead atoms. The Bertz CT molecular complexity index is 580. The van der Waals surface area contributed by atoms with Gasteiger partial charge in [-0.25, -0.2) is 0 Å². The monoisotopic (exact) mass is 420 g/mol. The van der Waals surface area contributed by atoms with E-state index in [1.807, 2.05) is 0 Å². The van der Waals surface area contributed by atoms with Gasteiger partial charge < -0.3 is 19.8 Å². The van der Waals surface area contributed by atoms with E-state index in [2.05, 4.69) is 0 Å². The van der Waals surface area contributed by atoms with Gasteiger partial charge in [-0.15, -0.1) is 0 Å². The summed E-state index contributed by atoms with van der Waals surface area (Å²) >= 11 is 0. The Morgan fingerprint density at radius 3 is 1.52 bits per heavy atom. The van der Waals surface area contributed by atoms with Gasteiger partial charge in [-0.2, -0.15) is 8.42 Å². The molecule has 10 heteroatoms. The number of hydrogen-bond donors (Lipinski definition) is 1. The number of rotatable bonds is 7. The molecule has 2 aliphatic rings. The first-order chi connectivity index (χ1) is 11.7. The van der Waals surface area contributed by atoms with E-state index < -0.39 is 39.1 Å². The second-order valence-corrected chi connectivity index (χ2v) is 9.20. The van der Waals surface area contributed by atoms with Crippen molar-refractivity contribution >= 4 is 22.1 Å². The van der Waals surface area contributed by atoms with Gasteiger partial charge in [-0.05, 0) is 17.8 Å². The molecule has 0 aromatic rings. The Hall–Kier alpha value is 0.850. The van der Waals surface area contributed by atoms with Crippen molar-refractivity contribution in [3.8, 4) is 0 Å². The van der Waals surface area contributed by atoms with E-state index in [0.29, 0.717) is 25.7 Å². The zero-order chi connectivity index (χ0) is 18.7. The van der Waals surface area contributed by atoms with Crippen LogP contribution < -0.4 is 69.3 Å². The first kappa shape index (κ1) is 27.8. The molecule has 2 fully saturated rings. The molecule has 0 heterocycles. The van der Waals surface area contributed by atoms with Crippen LogP contribution >= 0.6 is 0 Å². The van der Waals surface area contributed by atoms with Gasteiger partial charge in [-0.3, -0.25) is 4.55 Å². The first-order valence-corrected chi connectivity index (χ1v) is 10.5. The van der Waals surface area contributed by atoms with Crippen LogP contribution in [0.1, 0.15) is 70.6 Å². The minimum absolute atomic E-state index is 0. The average molecular weight is 420 g/mol. The summed E-state index contributed by atoms with van der Waals surface area (Å²) in [5, 5.41) is 23.2. The molecule has 2 aliphatic carbocycles. The summed E-state index contributed by atoms with van der Waals surface area (Å²) in [4.78, 5) is 23.2. The summed E-state index contributed by atoms with van der Waals surface area (Å²) in [5.41, 5.74) is 0. The standard InChI is InChI=1S/C17H28O7S.2Na/c18-14(19)11-17(16(20)21,25(22,23)24)15(12-7-3-1-4-8-12)13-9-5-2-6-10-13;;/h12-13,15H,1-11H2,(H,18,19)(H,20,21)(H,22,23,24);;/q;2*+1/p-2. The van der Waals surface area contributed by atoms with Crippen LogP contribution in [0, 0.1) is 17.8 Å². The fourth-order valence-corrected chi connectivity index (χ4v) is 6.28. The predicted molar refractivity (Wildman–Crippen MR) is 85.6 cm³/mol. The second-order valence-electron chi connectivity index (χ2n) is 7.52. The van der Waals surface area contributed by atoms with Crippen LogP contribution in [-0.2, 0) is 19.7 Å². The summed E-state index contributed by atoms with van der Waals surface area (Å²) in [6.07, 6.45) is 6.61. The maximum atomic E-state index is 12.2. The van der Waals surface area contributed by atoms with Crippen molar-refractivity contribution in [2.75, 3.05) is 0 Å². The number of carboxylic acid groups (broad SMARTS) is 2. The molecule has 0 amide bonds. The third-order valence-electron chi connectivity index (χ3n) is 6.07. The molecule has 1 N–H and O–H groups in total. The van der Waals surface area contributed by atoms with Gasteiger partial charge in [0.05, 0.1) is 5.97 Å². The van der Waals surface area contributed by atoms with E-state index in [0.717, 1.165) is 38.5 Å². The maximum absolute atomic E-state index is 12.2. The van der Waals surface area contributed by atoms with Crippen molar-refractivity contribution in [1.29, 1.82) is 0 Å². The predicted octanol–water partition coefficient (Wildman–Crippen LogP) is -5.71. The van der Waals surface area contributed by atoms with Crippen LogP contribution in [0.15, 0.2) is 0 Å². The van der Waals surface area contributed by atoms with Crippen molar-refractivity contribution in [2.24, 2.45) is 17.8 Å². The normalized spacial score (nSPS) is 21.6. The van der Waals surface area contributed by atoms with Crippen LogP contribution in [0.5, 0.6) is 0 Å². The Labute approximate surface area is 205 Å². The van der Waals surface area contributed by atoms with E-state index >= 15 is 0 Å². The molecule has 7 nitrogen and oxygen atoms in total. The van der Waals surface area contributed by atoms with Crippen LogP contribution in [0.4, 0.5) is 0 Å². The van der Waals surface area contributed by atoms with E-state index in [-0.39, 0.29) is 71.0 Å². The van der Waals surface area contributed by atoms with E-state index in [1.54, 1.807) is 0 Å². The number of carbonyl (C=O) groups excluding carboxylic acids is 2. The SMILES string of the molecule is O=C([O-])CC(C(=O)[O-])(C(C1CCCCC1)C1CCCCC1)S(=O)(=O)O.[Na+].[Na+]. The van der Waals surface area contributed by atoms with Crippen LogP contribution in [-0.4, -0.2) is 29.7 Å². The molecule has 27 heavy (non-hydrogen) atoms. The summed E-state index contributed by atoms with van der Waals surface area (Å²) in [7, 11) is -5.20. The Morgan fingerprint density at radius 1 is 0.889 bits per heavy atom. The van der Waals surface area contributed by atoms with Crippen molar-refractivity contribution in [2.45, 2.75) is 75.4 Å². The van der Waals surface area contributed by atoms with Crippen molar-refractivity contribution in [3.63, 3.8) is 0 Å². The molecule has 0 radical (unpaired) electrons. The molecule has 0 aromatic heterocycles. The average Bonchev–Trinajstić information content (AvgIpc) is 2.54. The number of hydrogen-bond acceptors (Lipinski definition) is 6. The van der Waals surface area contributed by atoms with Crippen molar-refractivity contribution < 1.29 is 91.9 Å². The molecule has 0 aliphatic heterocycles. The third kappa shape index (κ3) is 6.41. The largest absolute Gasteiger partial charge is 1.00 e. The van der Waals surface area contributed by atoms with E-state index in [1.165, 1.54) is 0 Å². The van der Waals surface area contributed by atoms with Gasteiger partial charge in [0, 0.05) is 12.4 Å². The van der Waals surface area contributed by atoms with Gasteiger partial charge in [0.1, 0.15) is 4.75 Å². The molecule has 0 saturated heterocycles. The summed E-state index contributed by atoms with van der Waals surface area (Å²) < 4.78 is 31.4. The van der Waals surface area contributed by atoms with Crippen LogP contribution in [0.3, 0.4) is 0 Å². The van der Waals surface area contributed by atoms with Gasteiger partial charge in [0.15, 0.2) is 0 Å². The molecule has 2 saturated carbocycles. The second kappa shape index (κ2) is 11.9. The minimum Gasteiger partial charge on any atom is -0.550 e.